The van der Waals surface area contributed by atoms with E-state index in [1.54, 1.807) is 7.05 Å². The molecule has 0 radical (unpaired) electrons. The average Bonchev–Trinajstić information content (AvgIpc) is 1.69. The van der Waals surface area contributed by atoms with E-state index < -0.39 is 0 Å². The van der Waals surface area contributed by atoms with Crippen molar-refractivity contribution in [2.45, 2.75) is 6.04 Å². The van der Waals surface area contributed by atoms with Crippen LogP contribution in [0.15, 0.2) is 0 Å². The monoisotopic (exact) mass is 199 g/mol. The summed E-state index contributed by atoms with van der Waals surface area (Å²) in [6.45, 7) is 0. The van der Waals surface area contributed by atoms with E-state index >= 15 is 0 Å². The van der Waals surface area contributed by atoms with Gasteiger partial charge >= 0.3 is 62.1 Å². The fourth-order valence-corrected chi connectivity index (χ4v) is 1.35. The summed E-state index contributed by atoms with van der Waals surface area (Å²) < 4.78 is 0.266. The van der Waals surface area contributed by atoms with Gasteiger partial charge in [-0.25, -0.2) is 0 Å². The summed E-state index contributed by atoms with van der Waals surface area (Å²) >= 11 is 6.47. The predicted molar refractivity (Wildman–Crippen MR) is 39.4 cm³/mol. The Morgan fingerprint density at radius 2 is 2.50 bits per heavy atom. The molecule has 2 N–H and O–H groups in total. The Labute approximate surface area is 62.4 Å². The molecule has 0 aromatic carbocycles. The van der Waals surface area contributed by atoms with Crippen LogP contribution in [-0.2, 0) is 0 Å². The second-order valence-corrected chi connectivity index (χ2v) is 2.60. The van der Waals surface area contributed by atoms with Gasteiger partial charge in [-0.15, -0.1) is 0 Å². The van der Waals surface area contributed by atoms with E-state index in [0.29, 0.717) is 5.75 Å². The normalized spacial score (nSPS) is 13.2. The van der Waals surface area contributed by atoms with Crippen molar-refractivity contribution in [2.24, 2.45) is 0 Å². The van der Waals surface area contributed by atoms with E-state index in [4.69, 9.17) is 5.11 Å². The first-order valence-electron chi connectivity index (χ1n) is 2.23. The van der Waals surface area contributed by atoms with Gasteiger partial charge in [-0.2, -0.15) is 0 Å². The Balaban J connectivity index is 3.52. The molecule has 0 bridgehead atoms. The Kier molecular flexibility index (Phi) is 4.66. The molecule has 1 atom stereocenters. The molecule has 0 rings (SSSR count). The number of aliphatic hydroxyl groups excluding tert-OH is 1. The molecule has 0 spiro atoms. The first-order valence-corrected chi connectivity index (χ1v) is 3.72. The Hall–Kier alpha value is 0.499. The summed E-state index contributed by atoms with van der Waals surface area (Å²) in [5.41, 5.74) is 0. The number of hydrogen-bond acceptors (Lipinski definition) is 3. The molecule has 0 saturated carbocycles. The summed E-state index contributed by atoms with van der Waals surface area (Å²) in [7, 11) is 1.77. The molecule has 2 nitrogen and oxygen atoms in total. The van der Waals surface area contributed by atoms with Crippen molar-refractivity contribution in [2.75, 3.05) is 12.8 Å². The molecule has 48 valence electrons. The van der Waals surface area contributed by atoms with Gasteiger partial charge in [0.25, 0.3) is 0 Å². The minimum atomic E-state index is -0.0154. The molecule has 0 aliphatic heterocycles. The molecule has 8 heavy (non-hydrogen) atoms. The van der Waals surface area contributed by atoms with E-state index in [2.05, 4.69) is 33.5 Å². The molecule has 0 aromatic heterocycles. The van der Waals surface area contributed by atoms with Crippen molar-refractivity contribution in [3.63, 3.8) is 0 Å². The first-order chi connectivity index (χ1) is 3.72. The zero-order chi connectivity index (χ0) is 6.57. The number of nitrogens with one attached hydrogen (secondary N) is 1. The van der Waals surface area contributed by atoms with Crippen molar-refractivity contribution >= 4 is 32.8 Å². The minimum absolute atomic E-state index is 0.0154. The van der Waals surface area contributed by atoms with Gasteiger partial charge in [0.1, 0.15) is 0 Å². The standard InChI is InChI=1S/C4H9NOSSe/c1-5-3(2-7)4(6)8/h3,5,7H,2H2,1H3,(H,6,8)/t3-/m0/s1. The molecule has 0 unspecified atom stereocenters. The summed E-state index contributed by atoms with van der Waals surface area (Å²) in [5, 5.41) is 11.6. The molecule has 0 aromatic rings. The van der Waals surface area contributed by atoms with Gasteiger partial charge < -0.3 is 0 Å². The molecule has 0 aliphatic rings. The molecule has 4 heteroatoms. The van der Waals surface area contributed by atoms with Crippen molar-refractivity contribution in [3.05, 3.63) is 0 Å². The molecule has 0 fully saturated rings. The quantitative estimate of drug-likeness (QED) is 0.409. The van der Waals surface area contributed by atoms with Crippen LogP contribution < -0.4 is 5.32 Å². The number of rotatable bonds is 3. The molecule has 0 amide bonds. The number of thiol groups is 1. The van der Waals surface area contributed by atoms with Crippen molar-refractivity contribution < 1.29 is 5.11 Å². The number of likely N-dealkylation sites (N-methyl/N-ethyl adjacent to an activating group) is 1. The number of hydrogen-bond donors (Lipinski definition) is 3. The van der Waals surface area contributed by atoms with Crippen LogP contribution >= 0.6 is 12.6 Å². The molecule has 0 saturated heterocycles. The fourth-order valence-electron chi connectivity index (χ4n) is 0.293. The third-order valence-electron chi connectivity index (χ3n) is 0.829. The van der Waals surface area contributed by atoms with Crippen LogP contribution in [0.3, 0.4) is 0 Å². The molecule has 0 heterocycles. The van der Waals surface area contributed by atoms with E-state index in [-0.39, 0.29) is 10.6 Å². The Bertz CT molecular complexity index is 84.1. The first kappa shape index (κ1) is 8.50. The summed E-state index contributed by atoms with van der Waals surface area (Å²) in [6, 6.07) is -0.0154. The second-order valence-electron chi connectivity index (χ2n) is 1.36. The van der Waals surface area contributed by atoms with Gasteiger partial charge in [0.15, 0.2) is 0 Å². The van der Waals surface area contributed by atoms with Crippen LogP contribution in [0.1, 0.15) is 0 Å². The average molecular weight is 198 g/mol. The van der Waals surface area contributed by atoms with Crippen LogP contribution in [0, 0.1) is 0 Å². The summed E-state index contributed by atoms with van der Waals surface area (Å²) in [5.74, 6) is 0.606. The number of aliphatic hydroxyl groups is 1. The van der Waals surface area contributed by atoms with Crippen LogP contribution in [0.5, 0.6) is 0 Å². The van der Waals surface area contributed by atoms with Crippen molar-refractivity contribution in [3.8, 4) is 0 Å². The van der Waals surface area contributed by atoms with Gasteiger partial charge in [0.2, 0.25) is 0 Å². The van der Waals surface area contributed by atoms with E-state index in [9.17, 15) is 0 Å². The summed E-state index contributed by atoms with van der Waals surface area (Å²) in [4.78, 5) is 0. The maximum atomic E-state index is 8.76. The fraction of sp³-hybridized carbons (Fsp3) is 0.750. The van der Waals surface area contributed by atoms with Gasteiger partial charge in [0, 0.05) is 0 Å². The van der Waals surface area contributed by atoms with Crippen LogP contribution in [-0.4, -0.2) is 44.1 Å². The zero-order valence-corrected chi connectivity index (χ0v) is 7.19. The predicted octanol–water partition coefficient (Wildman–Crippen LogP) is -0.825. The zero-order valence-electron chi connectivity index (χ0n) is 4.59. The second kappa shape index (κ2) is 4.39. The SMILES string of the molecule is CN[C@@H](CS)C(O)=[Se]. The van der Waals surface area contributed by atoms with E-state index in [0.717, 1.165) is 0 Å². The molecular formula is C4H9NOSSe. The van der Waals surface area contributed by atoms with E-state index in [1.807, 2.05) is 0 Å². The Morgan fingerprint density at radius 3 is 2.50 bits per heavy atom. The van der Waals surface area contributed by atoms with Crippen LogP contribution in [0.2, 0.25) is 0 Å². The van der Waals surface area contributed by atoms with Gasteiger partial charge in [0.05, 0.1) is 0 Å². The maximum absolute atomic E-state index is 8.76. The van der Waals surface area contributed by atoms with Gasteiger partial charge in [-0.1, -0.05) is 0 Å². The van der Waals surface area contributed by atoms with E-state index in [1.165, 1.54) is 0 Å². The topological polar surface area (TPSA) is 32.3 Å². The van der Waals surface area contributed by atoms with Crippen molar-refractivity contribution in [1.29, 1.82) is 0 Å². The Morgan fingerprint density at radius 1 is 2.00 bits per heavy atom. The molecule has 0 aliphatic carbocycles. The van der Waals surface area contributed by atoms with Gasteiger partial charge in [-0.3, -0.25) is 0 Å². The van der Waals surface area contributed by atoms with Crippen molar-refractivity contribution in [1.82, 2.24) is 5.32 Å². The van der Waals surface area contributed by atoms with Gasteiger partial charge in [-0.05, 0) is 0 Å². The van der Waals surface area contributed by atoms with Crippen LogP contribution in [0.4, 0.5) is 0 Å². The van der Waals surface area contributed by atoms with Crippen LogP contribution in [0.25, 0.3) is 0 Å². The third kappa shape index (κ3) is 2.72. The summed E-state index contributed by atoms with van der Waals surface area (Å²) in [6.07, 6.45) is 0. The molecular weight excluding hydrogens is 189 g/mol. The third-order valence-corrected chi connectivity index (χ3v) is 1.79.